The number of carbonyl (C=O) groups is 2. The van der Waals surface area contributed by atoms with Crippen molar-refractivity contribution in [3.63, 3.8) is 0 Å². The molecule has 2 aromatic heterocycles. The molecule has 132 valence electrons. The minimum atomic E-state index is -0.431. The summed E-state index contributed by atoms with van der Waals surface area (Å²) in [6, 6.07) is 3.33. The van der Waals surface area contributed by atoms with E-state index in [4.69, 9.17) is 9.26 Å². The molecule has 1 atom stereocenters. The number of ether oxygens (including phenoxy) is 1. The molecule has 0 saturated carbocycles. The summed E-state index contributed by atoms with van der Waals surface area (Å²) in [7, 11) is 0. The summed E-state index contributed by atoms with van der Waals surface area (Å²) in [5, 5.41) is 6.43. The maximum absolute atomic E-state index is 12.5. The molecule has 1 aliphatic rings. The zero-order valence-corrected chi connectivity index (χ0v) is 14.1. The van der Waals surface area contributed by atoms with Gasteiger partial charge in [0.1, 0.15) is 6.10 Å². The van der Waals surface area contributed by atoms with Crippen molar-refractivity contribution in [3.8, 4) is 0 Å². The summed E-state index contributed by atoms with van der Waals surface area (Å²) in [5.74, 6) is 0.323. The molecule has 0 aliphatic carbocycles. The first-order chi connectivity index (χ1) is 12.0. The van der Waals surface area contributed by atoms with Crippen molar-refractivity contribution in [2.45, 2.75) is 26.5 Å². The molecule has 9 heteroatoms. The third-order valence-corrected chi connectivity index (χ3v) is 3.73. The lowest BCUT2D eigenvalue weighted by molar-refractivity contribution is -0.119. The largest absolute Gasteiger partial charge is 0.367 e. The monoisotopic (exact) mass is 345 g/mol. The maximum Gasteiger partial charge on any atom is 0.292 e. The molecule has 1 fully saturated rings. The number of aryl methyl sites for hydroxylation is 1. The van der Waals surface area contributed by atoms with Crippen molar-refractivity contribution in [2.24, 2.45) is 0 Å². The number of amides is 2. The summed E-state index contributed by atoms with van der Waals surface area (Å²) in [5.41, 5.74) is 1.33. The molecule has 0 bridgehead atoms. The van der Waals surface area contributed by atoms with Crippen molar-refractivity contribution >= 4 is 11.8 Å². The predicted molar refractivity (Wildman–Crippen MR) is 85.4 cm³/mol. The third-order valence-electron chi connectivity index (χ3n) is 3.73. The number of hydrogen-bond donors (Lipinski definition) is 1. The Hall–Kier alpha value is -2.81. The van der Waals surface area contributed by atoms with Gasteiger partial charge in [0.15, 0.2) is 5.82 Å². The molecule has 0 aromatic carbocycles. The van der Waals surface area contributed by atoms with E-state index in [9.17, 15) is 9.59 Å². The van der Waals surface area contributed by atoms with E-state index >= 15 is 0 Å². The van der Waals surface area contributed by atoms with Crippen molar-refractivity contribution in [2.75, 3.05) is 19.7 Å². The molecule has 1 saturated heterocycles. The fraction of sp³-hybridized carbons (Fsp3) is 0.438. The van der Waals surface area contributed by atoms with Crippen LogP contribution in [0.5, 0.6) is 0 Å². The van der Waals surface area contributed by atoms with Gasteiger partial charge in [0.2, 0.25) is 11.7 Å². The predicted octanol–water partition coefficient (Wildman–Crippen LogP) is 0.623. The van der Waals surface area contributed by atoms with Gasteiger partial charge in [-0.1, -0.05) is 5.16 Å². The lowest BCUT2D eigenvalue weighted by atomic mass is 10.2. The minimum Gasteiger partial charge on any atom is -0.367 e. The summed E-state index contributed by atoms with van der Waals surface area (Å²) in [4.78, 5) is 33.8. The smallest absolute Gasteiger partial charge is 0.292 e. The van der Waals surface area contributed by atoms with Crippen LogP contribution in [0, 0.1) is 6.92 Å². The first-order valence-corrected chi connectivity index (χ1v) is 7.93. The average Bonchev–Trinajstić information content (AvgIpc) is 3.06. The Morgan fingerprint density at radius 2 is 2.28 bits per heavy atom. The number of nitrogens with zero attached hydrogens (tertiary/aromatic N) is 4. The standard InChI is InChI=1S/C16H19N5O4/c1-10-7-13(25-20-10)16(23)21-5-6-24-14(9-21)15-17-4-3-12(19-15)8-18-11(2)22/h3-4,7,14H,5-6,8-9H2,1-2H3,(H,18,22)/t14-/m0/s1. The highest BCUT2D eigenvalue weighted by Crippen LogP contribution is 2.21. The normalized spacial score (nSPS) is 17.4. The summed E-state index contributed by atoms with van der Waals surface area (Å²) >= 11 is 0. The zero-order valence-electron chi connectivity index (χ0n) is 14.1. The number of carbonyl (C=O) groups excluding carboxylic acids is 2. The van der Waals surface area contributed by atoms with Crippen LogP contribution in [0.4, 0.5) is 0 Å². The van der Waals surface area contributed by atoms with Gasteiger partial charge in [0, 0.05) is 25.7 Å². The summed E-state index contributed by atoms with van der Waals surface area (Å²) < 4.78 is 10.8. The van der Waals surface area contributed by atoms with Crippen LogP contribution in [0.25, 0.3) is 0 Å². The van der Waals surface area contributed by atoms with Crippen molar-refractivity contribution in [1.82, 2.24) is 25.3 Å². The molecule has 0 spiro atoms. The van der Waals surface area contributed by atoms with Crippen LogP contribution in [0.3, 0.4) is 0 Å². The Morgan fingerprint density at radius 1 is 1.44 bits per heavy atom. The molecular weight excluding hydrogens is 326 g/mol. The van der Waals surface area contributed by atoms with E-state index in [1.807, 2.05) is 0 Å². The number of hydrogen-bond acceptors (Lipinski definition) is 7. The van der Waals surface area contributed by atoms with Crippen LogP contribution >= 0.6 is 0 Å². The van der Waals surface area contributed by atoms with Gasteiger partial charge in [-0.2, -0.15) is 0 Å². The topological polar surface area (TPSA) is 110 Å². The lowest BCUT2D eigenvalue weighted by Crippen LogP contribution is -2.42. The van der Waals surface area contributed by atoms with Crippen LogP contribution in [0.2, 0.25) is 0 Å². The van der Waals surface area contributed by atoms with Crippen LogP contribution in [0.15, 0.2) is 22.9 Å². The van der Waals surface area contributed by atoms with Gasteiger partial charge >= 0.3 is 0 Å². The van der Waals surface area contributed by atoms with E-state index < -0.39 is 6.10 Å². The molecule has 2 amide bonds. The second-order valence-corrected chi connectivity index (χ2v) is 5.76. The highest BCUT2D eigenvalue weighted by atomic mass is 16.5. The van der Waals surface area contributed by atoms with Gasteiger partial charge in [-0.3, -0.25) is 9.59 Å². The van der Waals surface area contributed by atoms with E-state index in [0.29, 0.717) is 43.5 Å². The highest BCUT2D eigenvalue weighted by Gasteiger charge is 2.29. The Bertz CT molecular complexity index is 775. The molecule has 3 rings (SSSR count). The van der Waals surface area contributed by atoms with Crippen molar-refractivity contribution < 1.29 is 18.8 Å². The number of rotatable bonds is 4. The second-order valence-electron chi connectivity index (χ2n) is 5.76. The van der Waals surface area contributed by atoms with Gasteiger partial charge in [-0.25, -0.2) is 9.97 Å². The molecule has 9 nitrogen and oxygen atoms in total. The van der Waals surface area contributed by atoms with Crippen LogP contribution in [-0.4, -0.2) is 51.5 Å². The molecular formula is C16H19N5O4. The van der Waals surface area contributed by atoms with Gasteiger partial charge in [0.05, 0.1) is 31.1 Å². The fourth-order valence-electron chi connectivity index (χ4n) is 2.49. The van der Waals surface area contributed by atoms with Gasteiger partial charge in [-0.15, -0.1) is 0 Å². The first-order valence-electron chi connectivity index (χ1n) is 7.93. The first kappa shape index (κ1) is 17.0. The van der Waals surface area contributed by atoms with Crippen molar-refractivity contribution in [1.29, 1.82) is 0 Å². The third kappa shape index (κ3) is 4.18. The number of aromatic nitrogens is 3. The Kier molecular flexibility index (Phi) is 5.03. The quantitative estimate of drug-likeness (QED) is 0.865. The Labute approximate surface area is 144 Å². The molecule has 0 unspecified atom stereocenters. The molecule has 25 heavy (non-hydrogen) atoms. The molecule has 0 radical (unpaired) electrons. The SMILES string of the molecule is CC(=O)NCc1ccnc([C@@H]2CN(C(=O)c3cc(C)no3)CCO2)n1. The molecule has 1 aliphatic heterocycles. The summed E-state index contributed by atoms with van der Waals surface area (Å²) in [6.45, 7) is 4.68. The Morgan fingerprint density at radius 3 is 3.00 bits per heavy atom. The lowest BCUT2D eigenvalue weighted by Gasteiger charge is -2.31. The minimum absolute atomic E-state index is 0.131. The Balaban J connectivity index is 1.69. The van der Waals surface area contributed by atoms with Crippen molar-refractivity contribution in [3.05, 3.63) is 41.3 Å². The molecule has 1 N–H and O–H groups in total. The summed E-state index contributed by atoms with van der Waals surface area (Å²) in [6.07, 6.45) is 1.18. The zero-order chi connectivity index (χ0) is 17.8. The van der Waals surface area contributed by atoms with Crippen LogP contribution in [-0.2, 0) is 16.1 Å². The fourth-order valence-corrected chi connectivity index (χ4v) is 2.49. The molecule has 2 aromatic rings. The van der Waals surface area contributed by atoms with E-state index in [0.717, 1.165) is 0 Å². The van der Waals surface area contributed by atoms with E-state index in [1.54, 1.807) is 30.2 Å². The van der Waals surface area contributed by atoms with Gasteiger partial charge < -0.3 is 19.5 Å². The maximum atomic E-state index is 12.5. The van der Waals surface area contributed by atoms with E-state index in [1.165, 1.54) is 6.92 Å². The second kappa shape index (κ2) is 7.39. The molecule has 3 heterocycles. The number of morpholine rings is 1. The highest BCUT2D eigenvalue weighted by molar-refractivity contribution is 5.91. The average molecular weight is 345 g/mol. The van der Waals surface area contributed by atoms with E-state index in [-0.39, 0.29) is 17.6 Å². The van der Waals surface area contributed by atoms with Gasteiger partial charge in [-0.05, 0) is 13.0 Å². The van der Waals surface area contributed by atoms with E-state index in [2.05, 4.69) is 20.4 Å². The van der Waals surface area contributed by atoms with Gasteiger partial charge in [0.25, 0.3) is 5.91 Å². The number of nitrogens with one attached hydrogen (secondary N) is 1. The van der Waals surface area contributed by atoms with Crippen LogP contribution < -0.4 is 5.32 Å². The van der Waals surface area contributed by atoms with Crippen LogP contribution in [0.1, 0.15) is 40.8 Å².